The van der Waals surface area contributed by atoms with Gasteiger partial charge in [-0.25, -0.2) is 14.6 Å². The number of benzene rings is 1. The number of rotatable bonds is 6. The van der Waals surface area contributed by atoms with Crippen LogP contribution in [0.15, 0.2) is 29.3 Å². The zero-order valence-corrected chi connectivity index (χ0v) is 12.8. The molecule has 0 aliphatic carbocycles. The van der Waals surface area contributed by atoms with E-state index in [9.17, 15) is 9.59 Å². The highest BCUT2D eigenvalue weighted by Crippen LogP contribution is 2.20. The third-order valence-electron chi connectivity index (χ3n) is 2.98. The maximum Gasteiger partial charge on any atom is 0.364 e. The van der Waals surface area contributed by atoms with Crippen LogP contribution in [0.25, 0.3) is 0 Å². The first kappa shape index (κ1) is 16.7. The predicted molar refractivity (Wildman–Crippen MR) is 81.1 cm³/mol. The monoisotopic (exact) mass is 292 g/mol. The first-order valence-corrected chi connectivity index (χ1v) is 6.67. The van der Waals surface area contributed by atoms with Crippen LogP contribution in [0.4, 0.5) is 11.4 Å². The minimum Gasteiger partial charge on any atom is -0.464 e. The molecule has 21 heavy (non-hydrogen) atoms. The van der Waals surface area contributed by atoms with E-state index in [0.717, 1.165) is 18.8 Å². The molecule has 6 nitrogen and oxygen atoms in total. The molecule has 0 radical (unpaired) electrons. The van der Waals surface area contributed by atoms with Crippen LogP contribution in [0.1, 0.15) is 13.8 Å². The number of hydrogen-bond donors (Lipinski definition) is 0. The first-order valence-electron chi connectivity index (χ1n) is 6.67. The van der Waals surface area contributed by atoms with E-state index in [2.05, 4.69) is 33.2 Å². The Hall–Kier alpha value is -2.37. The van der Waals surface area contributed by atoms with Crippen LogP contribution < -0.4 is 4.90 Å². The van der Waals surface area contributed by atoms with Gasteiger partial charge >= 0.3 is 11.9 Å². The molecule has 0 amide bonds. The van der Waals surface area contributed by atoms with Crippen molar-refractivity contribution in [1.82, 2.24) is 0 Å². The number of carbonyl (C=O) groups excluding carboxylic acids is 2. The summed E-state index contributed by atoms with van der Waals surface area (Å²) in [5.41, 5.74) is 1.16. The third kappa shape index (κ3) is 4.30. The quantitative estimate of drug-likeness (QED) is 0.455. The molecule has 0 unspecified atom stereocenters. The van der Waals surface area contributed by atoms with E-state index in [-0.39, 0.29) is 5.71 Å². The van der Waals surface area contributed by atoms with Crippen molar-refractivity contribution in [1.29, 1.82) is 0 Å². The Morgan fingerprint density at radius 3 is 1.86 bits per heavy atom. The topological polar surface area (TPSA) is 68.2 Å². The number of anilines is 1. The van der Waals surface area contributed by atoms with Gasteiger partial charge in [-0.05, 0) is 38.1 Å². The average Bonchev–Trinajstić information content (AvgIpc) is 2.53. The van der Waals surface area contributed by atoms with Gasteiger partial charge in [-0.2, -0.15) is 0 Å². The number of hydrogen-bond acceptors (Lipinski definition) is 6. The van der Waals surface area contributed by atoms with Crippen molar-refractivity contribution in [3.63, 3.8) is 0 Å². The summed E-state index contributed by atoms with van der Waals surface area (Å²) in [7, 11) is 2.37. The molecule has 114 valence electrons. The number of ether oxygens (including phenoxy) is 2. The van der Waals surface area contributed by atoms with Gasteiger partial charge < -0.3 is 14.4 Å². The van der Waals surface area contributed by atoms with Gasteiger partial charge in [0.2, 0.25) is 5.71 Å². The lowest BCUT2D eigenvalue weighted by atomic mass is 10.2. The molecular weight excluding hydrogens is 272 g/mol. The molecule has 0 aromatic heterocycles. The SMILES string of the molecule is CCN(CC)c1ccc(N=C(C(=O)OC)C(=O)OC)cc1. The van der Waals surface area contributed by atoms with Gasteiger partial charge in [-0.3, -0.25) is 0 Å². The smallest absolute Gasteiger partial charge is 0.364 e. The lowest BCUT2D eigenvalue weighted by Gasteiger charge is -2.20. The average molecular weight is 292 g/mol. The number of carbonyl (C=O) groups is 2. The second kappa shape index (κ2) is 8.04. The second-order valence-corrected chi connectivity index (χ2v) is 4.13. The number of methoxy groups -OCH3 is 2. The molecule has 1 aromatic rings. The van der Waals surface area contributed by atoms with Crippen LogP contribution in [0.3, 0.4) is 0 Å². The molecular formula is C15H20N2O4. The molecule has 0 saturated heterocycles. The summed E-state index contributed by atoms with van der Waals surface area (Å²) in [5.74, 6) is -1.65. The maximum absolute atomic E-state index is 11.5. The summed E-state index contributed by atoms with van der Waals surface area (Å²) in [6, 6.07) is 7.25. The molecule has 0 bridgehead atoms. The molecule has 0 aliphatic rings. The highest BCUT2D eigenvalue weighted by Gasteiger charge is 2.22. The molecule has 1 aromatic carbocycles. The van der Waals surface area contributed by atoms with Crippen molar-refractivity contribution in [2.45, 2.75) is 13.8 Å². The fourth-order valence-electron chi connectivity index (χ4n) is 1.82. The van der Waals surface area contributed by atoms with Crippen molar-refractivity contribution < 1.29 is 19.1 Å². The van der Waals surface area contributed by atoms with Crippen molar-refractivity contribution in [2.75, 3.05) is 32.2 Å². The largest absolute Gasteiger partial charge is 0.464 e. The van der Waals surface area contributed by atoms with E-state index >= 15 is 0 Å². The van der Waals surface area contributed by atoms with Crippen LogP contribution in [0, 0.1) is 0 Å². The Labute approximate surface area is 124 Å². The van der Waals surface area contributed by atoms with Crippen LogP contribution >= 0.6 is 0 Å². The van der Waals surface area contributed by atoms with E-state index in [1.807, 2.05) is 12.1 Å². The zero-order chi connectivity index (χ0) is 15.8. The normalized spacial score (nSPS) is 9.71. The maximum atomic E-state index is 11.5. The lowest BCUT2D eigenvalue weighted by molar-refractivity contribution is -0.138. The minimum atomic E-state index is -0.824. The molecule has 0 heterocycles. The van der Waals surface area contributed by atoms with Crippen LogP contribution in [-0.4, -0.2) is 45.0 Å². The molecule has 6 heteroatoms. The Morgan fingerprint density at radius 2 is 1.48 bits per heavy atom. The first-order chi connectivity index (χ1) is 10.1. The van der Waals surface area contributed by atoms with Crippen molar-refractivity contribution >= 4 is 29.0 Å². The van der Waals surface area contributed by atoms with Gasteiger partial charge in [0.05, 0.1) is 19.9 Å². The van der Waals surface area contributed by atoms with Crippen molar-refractivity contribution in [3.05, 3.63) is 24.3 Å². The third-order valence-corrected chi connectivity index (χ3v) is 2.98. The fourth-order valence-corrected chi connectivity index (χ4v) is 1.82. The van der Waals surface area contributed by atoms with Gasteiger partial charge in [0, 0.05) is 18.8 Å². The minimum absolute atomic E-state index is 0.379. The summed E-state index contributed by atoms with van der Waals surface area (Å²) < 4.78 is 9.05. The van der Waals surface area contributed by atoms with Crippen molar-refractivity contribution in [2.24, 2.45) is 4.99 Å². The molecule has 0 atom stereocenters. The highest BCUT2D eigenvalue weighted by atomic mass is 16.5. The summed E-state index contributed by atoms with van der Waals surface area (Å²) in [6.45, 7) is 5.94. The van der Waals surface area contributed by atoms with Gasteiger partial charge in [0.15, 0.2) is 0 Å². The molecule has 0 fully saturated rings. The Morgan fingerprint density at radius 1 is 1.00 bits per heavy atom. The summed E-state index contributed by atoms with van der Waals surface area (Å²) in [6.07, 6.45) is 0. The predicted octanol–water partition coefficient (Wildman–Crippen LogP) is 1.95. The van der Waals surface area contributed by atoms with E-state index < -0.39 is 11.9 Å². The summed E-state index contributed by atoms with van der Waals surface area (Å²) in [5, 5.41) is 0. The van der Waals surface area contributed by atoms with Gasteiger partial charge in [-0.1, -0.05) is 0 Å². The van der Waals surface area contributed by atoms with Crippen LogP contribution in [0.5, 0.6) is 0 Å². The van der Waals surface area contributed by atoms with Gasteiger partial charge in [-0.15, -0.1) is 0 Å². The summed E-state index contributed by atoms with van der Waals surface area (Å²) in [4.78, 5) is 29.2. The lowest BCUT2D eigenvalue weighted by Crippen LogP contribution is -2.26. The second-order valence-electron chi connectivity index (χ2n) is 4.13. The van der Waals surface area contributed by atoms with Gasteiger partial charge in [0.1, 0.15) is 0 Å². The Kier molecular flexibility index (Phi) is 6.39. The number of aliphatic imine (C=N–C) groups is 1. The Bertz CT molecular complexity index is 501. The van der Waals surface area contributed by atoms with Crippen LogP contribution in [0.2, 0.25) is 0 Å². The van der Waals surface area contributed by atoms with Crippen LogP contribution in [-0.2, 0) is 19.1 Å². The van der Waals surface area contributed by atoms with E-state index in [0.29, 0.717) is 5.69 Å². The molecule has 0 N–H and O–H groups in total. The fraction of sp³-hybridized carbons (Fsp3) is 0.400. The van der Waals surface area contributed by atoms with E-state index in [1.165, 1.54) is 14.2 Å². The standard InChI is InChI=1S/C15H20N2O4/c1-5-17(6-2)12-9-7-11(8-10-12)16-13(14(18)20-3)15(19)21-4/h7-10H,5-6H2,1-4H3. The molecule has 0 aliphatic heterocycles. The molecule has 0 spiro atoms. The van der Waals surface area contributed by atoms with Gasteiger partial charge in [0.25, 0.3) is 0 Å². The Balaban J connectivity index is 3.06. The number of nitrogens with zero attached hydrogens (tertiary/aromatic N) is 2. The highest BCUT2D eigenvalue weighted by molar-refractivity contribution is 6.62. The molecule has 1 rings (SSSR count). The van der Waals surface area contributed by atoms with E-state index in [4.69, 9.17) is 0 Å². The number of esters is 2. The molecule has 0 saturated carbocycles. The zero-order valence-electron chi connectivity index (χ0n) is 12.8. The van der Waals surface area contributed by atoms with Crippen molar-refractivity contribution in [3.8, 4) is 0 Å². The van der Waals surface area contributed by atoms with E-state index in [1.54, 1.807) is 12.1 Å². The summed E-state index contributed by atoms with van der Waals surface area (Å²) >= 11 is 0.